The zero-order valence-corrected chi connectivity index (χ0v) is 13.2. The Balaban J connectivity index is 2.15. The molecule has 102 valence electrons. The summed E-state index contributed by atoms with van der Waals surface area (Å²) in [6.45, 7) is 5.43. The van der Waals surface area contributed by atoms with E-state index in [9.17, 15) is 0 Å². The number of rotatable bonds is 4. The molecule has 2 heterocycles. The van der Waals surface area contributed by atoms with Crippen LogP contribution in [-0.2, 0) is 24.8 Å². The highest BCUT2D eigenvalue weighted by atomic mass is 79.9. The maximum atomic E-state index is 6.39. The van der Waals surface area contributed by atoms with Gasteiger partial charge in [0.25, 0.3) is 0 Å². The molecule has 1 aliphatic rings. The summed E-state index contributed by atoms with van der Waals surface area (Å²) >= 11 is 9.93. The van der Waals surface area contributed by atoms with Crippen molar-refractivity contribution in [2.45, 2.75) is 25.9 Å². The van der Waals surface area contributed by atoms with Crippen molar-refractivity contribution in [1.82, 2.24) is 14.7 Å². The molecule has 1 aliphatic heterocycles. The predicted octanol–water partition coefficient (Wildman–Crippen LogP) is 2.23. The molecule has 0 saturated carbocycles. The van der Waals surface area contributed by atoms with Gasteiger partial charge in [0.15, 0.2) is 0 Å². The van der Waals surface area contributed by atoms with Crippen molar-refractivity contribution in [1.29, 1.82) is 0 Å². The highest BCUT2D eigenvalue weighted by Gasteiger charge is 2.24. The third-order valence-corrected chi connectivity index (χ3v) is 4.57. The largest absolute Gasteiger partial charge is 0.378 e. The van der Waals surface area contributed by atoms with Crippen molar-refractivity contribution in [3.05, 3.63) is 16.4 Å². The van der Waals surface area contributed by atoms with E-state index in [1.54, 1.807) is 0 Å². The number of hydrogen-bond acceptors (Lipinski definition) is 3. The van der Waals surface area contributed by atoms with Gasteiger partial charge in [-0.15, -0.1) is 0 Å². The summed E-state index contributed by atoms with van der Waals surface area (Å²) in [5.41, 5.74) is 2.08. The van der Waals surface area contributed by atoms with E-state index in [-0.39, 0.29) is 0 Å². The van der Waals surface area contributed by atoms with E-state index in [0.717, 1.165) is 54.5 Å². The molecule has 1 fully saturated rings. The standard InChI is InChI=1S/C12H19BrClN3O/c1-3-10-12(14)11(16(2)15-10)7-17-4-5-18-8-9(17)6-13/h9H,3-8H2,1-2H3. The number of halogens is 2. The maximum absolute atomic E-state index is 6.39. The average molecular weight is 337 g/mol. The van der Waals surface area contributed by atoms with Crippen LogP contribution in [0.15, 0.2) is 0 Å². The first-order chi connectivity index (χ1) is 8.67. The molecule has 0 bridgehead atoms. The molecular weight excluding hydrogens is 318 g/mol. The van der Waals surface area contributed by atoms with Crippen molar-refractivity contribution >= 4 is 27.5 Å². The summed E-state index contributed by atoms with van der Waals surface area (Å²) in [5, 5.41) is 6.20. The van der Waals surface area contributed by atoms with Crippen LogP contribution in [0.3, 0.4) is 0 Å². The first-order valence-corrected chi connectivity index (χ1v) is 7.75. The van der Waals surface area contributed by atoms with Gasteiger partial charge in [-0.1, -0.05) is 34.5 Å². The van der Waals surface area contributed by atoms with Crippen LogP contribution in [-0.4, -0.2) is 45.8 Å². The minimum Gasteiger partial charge on any atom is -0.378 e. The highest BCUT2D eigenvalue weighted by molar-refractivity contribution is 9.09. The Hall–Kier alpha value is -0.100. The van der Waals surface area contributed by atoms with Crippen molar-refractivity contribution in [3.8, 4) is 0 Å². The molecule has 1 atom stereocenters. The molecule has 1 aromatic heterocycles. The fourth-order valence-corrected chi connectivity index (χ4v) is 3.17. The second-order valence-corrected chi connectivity index (χ2v) is 5.56. The van der Waals surface area contributed by atoms with Gasteiger partial charge in [0.1, 0.15) is 0 Å². The summed E-state index contributed by atoms with van der Waals surface area (Å²) in [5.74, 6) is 0. The van der Waals surface area contributed by atoms with E-state index >= 15 is 0 Å². The Labute approximate surface area is 121 Å². The van der Waals surface area contributed by atoms with E-state index in [0.29, 0.717) is 6.04 Å². The van der Waals surface area contributed by atoms with Crippen molar-refractivity contribution < 1.29 is 4.74 Å². The molecule has 2 rings (SSSR count). The lowest BCUT2D eigenvalue weighted by atomic mass is 10.2. The zero-order valence-electron chi connectivity index (χ0n) is 10.8. The lowest BCUT2D eigenvalue weighted by molar-refractivity contribution is -0.00312. The van der Waals surface area contributed by atoms with Crippen LogP contribution in [0, 0.1) is 0 Å². The topological polar surface area (TPSA) is 30.3 Å². The van der Waals surface area contributed by atoms with Crippen LogP contribution >= 0.6 is 27.5 Å². The monoisotopic (exact) mass is 335 g/mol. The minimum absolute atomic E-state index is 0.412. The second kappa shape index (κ2) is 6.37. The molecule has 1 unspecified atom stereocenters. The van der Waals surface area contributed by atoms with Gasteiger partial charge in [-0.05, 0) is 6.42 Å². The van der Waals surface area contributed by atoms with Gasteiger partial charge in [0.2, 0.25) is 0 Å². The van der Waals surface area contributed by atoms with Gasteiger partial charge in [0, 0.05) is 31.5 Å². The smallest absolute Gasteiger partial charge is 0.0863 e. The minimum atomic E-state index is 0.412. The van der Waals surface area contributed by atoms with Crippen molar-refractivity contribution in [2.24, 2.45) is 7.05 Å². The Bertz CT molecular complexity index is 410. The SMILES string of the molecule is CCc1nn(C)c(CN2CCOCC2CBr)c1Cl. The van der Waals surface area contributed by atoms with Crippen LogP contribution < -0.4 is 0 Å². The molecule has 0 radical (unpaired) electrons. The second-order valence-electron chi connectivity index (χ2n) is 4.54. The normalized spacial score (nSPS) is 21.4. The molecule has 0 aliphatic carbocycles. The predicted molar refractivity (Wildman–Crippen MR) is 76.4 cm³/mol. The molecule has 18 heavy (non-hydrogen) atoms. The van der Waals surface area contributed by atoms with E-state index in [4.69, 9.17) is 16.3 Å². The van der Waals surface area contributed by atoms with E-state index < -0.39 is 0 Å². The molecule has 4 nitrogen and oxygen atoms in total. The lowest BCUT2D eigenvalue weighted by Gasteiger charge is -2.34. The Morgan fingerprint density at radius 2 is 2.33 bits per heavy atom. The first-order valence-electron chi connectivity index (χ1n) is 6.25. The van der Waals surface area contributed by atoms with E-state index in [1.165, 1.54) is 0 Å². The van der Waals surface area contributed by atoms with Gasteiger partial charge < -0.3 is 4.74 Å². The third-order valence-electron chi connectivity index (χ3n) is 3.38. The van der Waals surface area contributed by atoms with Crippen molar-refractivity contribution in [2.75, 3.05) is 25.1 Å². The first kappa shape index (κ1) is 14.3. The Kier molecular flexibility index (Phi) is 5.06. The lowest BCUT2D eigenvalue weighted by Crippen LogP contribution is -2.46. The van der Waals surface area contributed by atoms with Crippen LogP contribution in [0.2, 0.25) is 5.02 Å². The summed E-state index contributed by atoms with van der Waals surface area (Å²) in [7, 11) is 1.96. The molecule has 1 saturated heterocycles. The quantitative estimate of drug-likeness (QED) is 0.790. The summed E-state index contributed by atoms with van der Waals surface area (Å²) in [6, 6.07) is 0.412. The molecule has 6 heteroatoms. The Morgan fingerprint density at radius 1 is 1.56 bits per heavy atom. The van der Waals surface area contributed by atoms with E-state index in [1.807, 2.05) is 11.7 Å². The maximum Gasteiger partial charge on any atom is 0.0863 e. The molecule has 0 amide bonds. The van der Waals surface area contributed by atoms with Gasteiger partial charge in [-0.2, -0.15) is 5.10 Å². The van der Waals surface area contributed by atoms with Crippen LogP contribution in [0.4, 0.5) is 0 Å². The highest BCUT2D eigenvalue weighted by Crippen LogP contribution is 2.24. The Morgan fingerprint density at radius 3 is 2.94 bits per heavy atom. The number of aryl methyl sites for hydroxylation is 2. The number of nitrogens with zero attached hydrogens (tertiary/aromatic N) is 3. The summed E-state index contributed by atoms with van der Waals surface area (Å²) in [6.07, 6.45) is 0.873. The van der Waals surface area contributed by atoms with Gasteiger partial charge >= 0.3 is 0 Å². The van der Waals surface area contributed by atoms with E-state index in [2.05, 4.69) is 32.9 Å². The number of ether oxygens (including phenoxy) is 1. The number of alkyl halides is 1. The molecule has 0 aromatic carbocycles. The summed E-state index contributed by atoms with van der Waals surface area (Å²) in [4.78, 5) is 2.40. The molecule has 0 spiro atoms. The number of hydrogen-bond donors (Lipinski definition) is 0. The molecule has 1 aromatic rings. The van der Waals surface area contributed by atoms with Gasteiger partial charge in [-0.25, -0.2) is 0 Å². The van der Waals surface area contributed by atoms with Gasteiger partial charge in [-0.3, -0.25) is 9.58 Å². The molecular formula is C12H19BrClN3O. The third kappa shape index (κ3) is 2.90. The van der Waals surface area contributed by atoms with Crippen LogP contribution in [0.25, 0.3) is 0 Å². The average Bonchev–Trinajstić information content (AvgIpc) is 2.66. The zero-order chi connectivity index (χ0) is 13.1. The number of morpholine rings is 1. The summed E-state index contributed by atoms with van der Waals surface area (Å²) < 4.78 is 7.41. The fourth-order valence-electron chi connectivity index (χ4n) is 2.22. The fraction of sp³-hybridized carbons (Fsp3) is 0.750. The van der Waals surface area contributed by atoms with Crippen molar-refractivity contribution in [3.63, 3.8) is 0 Å². The number of aromatic nitrogens is 2. The van der Waals surface area contributed by atoms with Gasteiger partial charge in [0.05, 0.1) is 29.6 Å². The van der Waals surface area contributed by atoms with Crippen LogP contribution in [0.1, 0.15) is 18.3 Å². The van der Waals surface area contributed by atoms with Crippen LogP contribution in [0.5, 0.6) is 0 Å². The molecule has 0 N–H and O–H groups in total.